The number of rotatable bonds is 14. The molecule has 2 rings (SSSR count). The zero-order valence-corrected chi connectivity index (χ0v) is 18.8. The van der Waals surface area contributed by atoms with Gasteiger partial charge in [0.1, 0.15) is 5.75 Å². The number of piperazine rings is 1. The maximum Gasteiger partial charge on any atom is 0.119 e. The molecule has 0 radical (unpaired) electrons. The van der Waals surface area contributed by atoms with Crippen LogP contribution in [0.5, 0.6) is 5.75 Å². The molecule has 0 aromatic heterocycles. The van der Waals surface area contributed by atoms with Crippen molar-refractivity contribution in [2.75, 3.05) is 39.8 Å². The van der Waals surface area contributed by atoms with Crippen molar-refractivity contribution in [1.82, 2.24) is 9.80 Å². The minimum Gasteiger partial charge on any atom is -0.494 e. The lowest BCUT2D eigenvalue weighted by molar-refractivity contribution is 0.148. The Morgan fingerprint density at radius 2 is 1.50 bits per heavy atom. The summed E-state index contributed by atoms with van der Waals surface area (Å²) in [7, 11) is 2.21. The van der Waals surface area contributed by atoms with Gasteiger partial charge in [0.05, 0.1) is 6.61 Å². The van der Waals surface area contributed by atoms with E-state index in [-0.39, 0.29) is 0 Å². The quantitative estimate of drug-likeness (QED) is 0.365. The maximum absolute atomic E-state index is 6.01. The molecule has 1 saturated heterocycles. The first kappa shape index (κ1) is 23.2. The molecule has 1 aromatic rings. The molecule has 0 amide bonds. The molecule has 3 heteroatoms. The lowest BCUT2D eigenvalue weighted by atomic mass is 10.0. The summed E-state index contributed by atoms with van der Waals surface area (Å²) in [5, 5.41) is 0. The fourth-order valence-electron chi connectivity index (χ4n) is 3.90. The molecule has 1 aliphatic heterocycles. The van der Waals surface area contributed by atoms with Crippen molar-refractivity contribution in [1.29, 1.82) is 0 Å². The molecular weight excluding hydrogens is 344 g/mol. The first-order valence-corrected chi connectivity index (χ1v) is 11.8. The lowest BCUT2D eigenvalue weighted by Gasteiger charge is -2.32. The first-order valence-electron chi connectivity index (χ1n) is 11.8. The molecule has 1 heterocycles. The van der Waals surface area contributed by atoms with Crippen LogP contribution in [0.25, 0.3) is 0 Å². The molecule has 1 aromatic carbocycles. The summed E-state index contributed by atoms with van der Waals surface area (Å²) >= 11 is 0. The fourth-order valence-corrected chi connectivity index (χ4v) is 3.90. The molecule has 1 aliphatic rings. The highest BCUT2D eigenvalue weighted by molar-refractivity contribution is 5.28. The Hall–Kier alpha value is -1.06. The van der Waals surface area contributed by atoms with E-state index in [4.69, 9.17) is 4.74 Å². The predicted octanol–water partition coefficient (Wildman–Crippen LogP) is 5.98. The smallest absolute Gasteiger partial charge is 0.119 e. The SMILES string of the molecule is CC(C)CCCCCCCCCCOc1cccc(CN2CCN(C)CC2)c1. The third kappa shape index (κ3) is 10.5. The zero-order chi connectivity index (χ0) is 20.0. The molecule has 28 heavy (non-hydrogen) atoms. The zero-order valence-electron chi connectivity index (χ0n) is 18.8. The molecule has 0 atom stereocenters. The van der Waals surface area contributed by atoms with Crippen LogP contribution in [0.4, 0.5) is 0 Å². The lowest BCUT2D eigenvalue weighted by Crippen LogP contribution is -2.43. The van der Waals surface area contributed by atoms with E-state index in [0.717, 1.165) is 24.8 Å². The molecular formula is C25H44N2O. The minimum absolute atomic E-state index is 0.854. The van der Waals surface area contributed by atoms with E-state index in [9.17, 15) is 0 Å². The van der Waals surface area contributed by atoms with Crippen LogP contribution in [0.1, 0.15) is 77.2 Å². The second-order valence-electron chi connectivity index (χ2n) is 9.09. The summed E-state index contributed by atoms with van der Waals surface area (Å²) in [6.45, 7) is 11.2. The van der Waals surface area contributed by atoms with Gasteiger partial charge in [-0.25, -0.2) is 0 Å². The first-order chi connectivity index (χ1) is 13.6. The summed E-state index contributed by atoms with van der Waals surface area (Å²) in [6.07, 6.45) is 12.3. The summed E-state index contributed by atoms with van der Waals surface area (Å²) in [5.74, 6) is 1.91. The van der Waals surface area contributed by atoms with E-state index in [1.807, 2.05) is 0 Å². The van der Waals surface area contributed by atoms with Gasteiger partial charge in [-0.3, -0.25) is 4.90 Å². The number of unbranched alkanes of at least 4 members (excludes halogenated alkanes) is 7. The predicted molar refractivity (Wildman–Crippen MR) is 121 cm³/mol. The van der Waals surface area contributed by atoms with Crippen LogP contribution in [0.2, 0.25) is 0 Å². The number of nitrogens with zero attached hydrogens (tertiary/aromatic N) is 2. The molecule has 1 fully saturated rings. The second-order valence-corrected chi connectivity index (χ2v) is 9.09. The number of benzene rings is 1. The summed E-state index contributed by atoms with van der Waals surface area (Å²) in [6, 6.07) is 8.70. The van der Waals surface area contributed by atoms with Gasteiger partial charge in [-0.1, -0.05) is 77.3 Å². The van der Waals surface area contributed by atoms with Crippen molar-refractivity contribution in [3.05, 3.63) is 29.8 Å². The Morgan fingerprint density at radius 1 is 0.857 bits per heavy atom. The fraction of sp³-hybridized carbons (Fsp3) is 0.760. The van der Waals surface area contributed by atoms with Gasteiger partial charge >= 0.3 is 0 Å². The van der Waals surface area contributed by atoms with Crippen LogP contribution in [-0.4, -0.2) is 49.6 Å². The Kier molecular flexibility index (Phi) is 11.6. The molecule has 0 saturated carbocycles. The van der Waals surface area contributed by atoms with E-state index in [0.29, 0.717) is 0 Å². The van der Waals surface area contributed by atoms with E-state index in [1.165, 1.54) is 89.5 Å². The highest BCUT2D eigenvalue weighted by atomic mass is 16.5. The molecule has 0 unspecified atom stereocenters. The summed E-state index contributed by atoms with van der Waals surface area (Å²) < 4.78 is 6.01. The van der Waals surface area contributed by atoms with Crippen LogP contribution in [0.15, 0.2) is 24.3 Å². The van der Waals surface area contributed by atoms with Crippen molar-refractivity contribution in [3.63, 3.8) is 0 Å². The van der Waals surface area contributed by atoms with Crippen LogP contribution in [-0.2, 0) is 6.54 Å². The second kappa shape index (κ2) is 14.0. The van der Waals surface area contributed by atoms with Crippen LogP contribution in [0.3, 0.4) is 0 Å². The third-order valence-electron chi connectivity index (χ3n) is 5.85. The summed E-state index contributed by atoms with van der Waals surface area (Å²) in [5.41, 5.74) is 1.37. The van der Waals surface area contributed by atoms with Gasteiger partial charge in [0.15, 0.2) is 0 Å². The molecule has 160 valence electrons. The average molecular weight is 389 g/mol. The molecule has 3 nitrogen and oxygen atoms in total. The molecule has 0 aliphatic carbocycles. The Bertz CT molecular complexity index is 509. The third-order valence-corrected chi connectivity index (χ3v) is 5.85. The number of hydrogen-bond donors (Lipinski definition) is 0. The van der Waals surface area contributed by atoms with Crippen molar-refractivity contribution in [3.8, 4) is 5.75 Å². The van der Waals surface area contributed by atoms with Crippen LogP contribution >= 0.6 is 0 Å². The van der Waals surface area contributed by atoms with Gasteiger partial charge in [-0.05, 0) is 37.1 Å². The highest BCUT2D eigenvalue weighted by Gasteiger charge is 2.13. The topological polar surface area (TPSA) is 15.7 Å². The Balaban J connectivity index is 1.49. The monoisotopic (exact) mass is 388 g/mol. The molecule has 0 spiro atoms. The van der Waals surface area contributed by atoms with Gasteiger partial charge in [-0.15, -0.1) is 0 Å². The maximum atomic E-state index is 6.01. The molecule has 0 N–H and O–H groups in total. The van der Waals surface area contributed by atoms with Gasteiger partial charge in [0, 0.05) is 32.7 Å². The largest absolute Gasteiger partial charge is 0.494 e. The number of likely N-dealkylation sites (N-methyl/N-ethyl adjacent to an activating group) is 1. The average Bonchev–Trinajstić information content (AvgIpc) is 2.68. The highest BCUT2D eigenvalue weighted by Crippen LogP contribution is 2.17. The molecule has 0 bridgehead atoms. The van der Waals surface area contributed by atoms with Gasteiger partial charge in [-0.2, -0.15) is 0 Å². The van der Waals surface area contributed by atoms with Crippen LogP contribution < -0.4 is 4.74 Å². The Morgan fingerprint density at radius 3 is 2.18 bits per heavy atom. The van der Waals surface area contributed by atoms with Crippen molar-refractivity contribution in [2.45, 2.75) is 78.2 Å². The van der Waals surface area contributed by atoms with Crippen molar-refractivity contribution >= 4 is 0 Å². The normalized spacial score (nSPS) is 16.0. The van der Waals surface area contributed by atoms with E-state index in [2.05, 4.69) is 55.0 Å². The van der Waals surface area contributed by atoms with E-state index < -0.39 is 0 Å². The van der Waals surface area contributed by atoms with E-state index in [1.54, 1.807) is 0 Å². The number of ether oxygens (including phenoxy) is 1. The summed E-state index contributed by atoms with van der Waals surface area (Å²) in [4.78, 5) is 4.95. The number of hydrogen-bond acceptors (Lipinski definition) is 3. The van der Waals surface area contributed by atoms with Gasteiger partial charge in [0.2, 0.25) is 0 Å². The van der Waals surface area contributed by atoms with Gasteiger partial charge < -0.3 is 9.64 Å². The minimum atomic E-state index is 0.854. The van der Waals surface area contributed by atoms with Crippen LogP contribution in [0, 0.1) is 5.92 Å². The van der Waals surface area contributed by atoms with E-state index >= 15 is 0 Å². The van der Waals surface area contributed by atoms with Crippen molar-refractivity contribution in [2.24, 2.45) is 5.92 Å². The van der Waals surface area contributed by atoms with Crippen molar-refractivity contribution < 1.29 is 4.74 Å². The Labute approximate surface area is 174 Å². The van der Waals surface area contributed by atoms with Gasteiger partial charge in [0.25, 0.3) is 0 Å². The standard InChI is InChI=1S/C25H44N2O/c1-23(2)13-10-8-6-4-5-7-9-11-20-28-25-15-12-14-24(21-25)22-27-18-16-26(3)17-19-27/h12,14-15,21,23H,4-11,13,16-20,22H2,1-3H3.